The molecule has 0 amide bonds. The largest absolute Gasteiger partial charge is 0.335 e. The van der Waals surface area contributed by atoms with E-state index in [1.54, 1.807) is 6.20 Å². The van der Waals surface area contributed by atoms with Gasteiger partial charge in [-0.25, -0.2) is 9.37 Å². The van der Waals surface area contributed by atoms with Crippen molar-refractivity contribution < 1.29 is 4.39 Å². The third-order valence-electron chi connectivity index (χ3n) is 5.40. The predicted octanol–water partition coefficient (Wildman–Crippen LogP) is 4.30. The van der Waals surface area contributed by atoms with E-state index in [1.807, 2.05) is 24.7 Å². The van der Waals surface area contributed by atoms with Crippen molar-refractivity contribution in [2.45, 2.75) is 25.3 Å². The molecule has 3 heterocycles. The fourth-order valence-corrected chi connectivity index (χ4v) is 4.53. The van der Waals surface area contributed by atoms with Gasteiger partial charge in [0.05, 0.1) is 17.4 Å². The van der Waals surface area contributed by atoms with E-state index in [4.69, 9.17) is 12.2 Å². The van der Waals surface area contributed by atoms with Gasteiger partial charge in [0.2, 0.25) is 0 Å². The van der Waals surface area contributed by atoms with Gasteiger partial charge in [-0.3, -0.25) is 0 Å². The maximum atomic E-state index is 13.4. The molecule has 0 saturated carbocycles. The highest BCUT2D eigenvalue weighted by atomic mass is 32.1. The Morgan fingerprint density at radius 2 is 1.77 bits per heavy atom. The monoisotopic (exact) mass is 363 g/mol. The normalized spacial score (nSPS) is 16.7. The van der Waals surface area contributed by atoms with E-state index >= 15 is 0 Å². The van der Waals surface area contributed by atoms with E-state index in [2.05, 4.69) is 26.6 Å². The molecule has 0 bridgehead atoms. The Morgan fingerprint density at radius 3 is 2.50 bits per heavy atom. The third-order valence-corrected chi connectivity index (χ3v) is 5.82. The standard InChI is InChI=1S/C21H18FN3S/c22-18-4-1-14(2-5-18)20(24-10-8-23-13-24)17-11-15-3-6-19(26)25-9-7-16(12-17)21(15)25/h1-2,4-5,8,10-13,20H,3,6-7,9H2. The molecule has 0 spiro atoms. The third kappa shape index (κ3) is 2.46. The number of imidazole rings is 1. The van der Waals surface area contributed by atoms with Gasteiger partial charge >= 0.3 is 0 Å². The zero-order valence-electron chi connectivity index (χ0n) is 14.2. The molecule has 2 aliphatic heterocycles. The Labute approximate surface area is 157 Å². The minimum Gasteiger partial charge on any atom is -0.335 e. The van der Waals surface area contributed by atoms with E-state index in [1.165, 1.54) is 34.5 Å². The summed E-state index contributed by atoms with van der Waals surface area (Å²) in [4.78, 5) is 7.59. The lowest BCUT2D eigenvalue weighted by molar-refractivity contribution is 0.622. The summed E-state index contributed by atoms with van der Waals surface area (Å²) in [6, 6.07) is 11.4. The summed E-state index contributed by atoms with van der Waals surface area (Å²) >= 11 is 5.55. The lowest BCUT2D eigenvalue weighted by Gasteiger charge is -2.29. The number of rotatable bonds is 3. The quantitative estimate of drug-likeness (QED) is 0.648. The van der Waals surface area contributed by atoms with E-state index in [-0.39, 0.29) is 11.9 Å². The second-order valence-electron chi connectivity index (χ2n) is 6.95. The molecule has 5 rings (SSSR count). The minimum absolute atomic E-state index is 0.0115. The number of halogens is 1. The highest BCUT2D eigenvalue weighted by Gasteiger charge is 2.30. The number of benzene rings is 2. The number of thiocarbonyl (C=S) groups is 1. The molecule has 1 aromatic heterocycles. The molecule has 3 nitrogen and oxygen atoms in total. The van der Waals surface area contributed by atoms with Crippen molar-refractivity contribution in [2.75, 3.05) is 11.4 Å². The van der Waals surface area contributed by atoms with Crippen molar-refractivity contribution in [3.8, 4) is 0 Å². The van der Waals surface area contributed by atoms with Crippen molar-refractivity contribution in [1.82, 2.24) is 9.55 Å². The topological polar surface area (TPSA) is 21.1 Å². The second kappa shape index (κ2) is 6.02. The summed E-state index contributed by atoms with van der Waals surface area (Å²) in [5, 5.41) is 0. The van der Waals surface area contributed by atoms with Crippen LogP contribution in [0, 0.1) is 5.82 Å². The van der Waals surface area contributed by atoms with Gasteiger partial charge in [-0.2, -0.15) is 0 Å². The van der Waals surface area contributed by atoms with E-state index in [0.29, 0.717) is 0 Å². The van der Waals surface area contributed by atoms with Crippen LogP contribution in [0.25, 0.3) is 0 Å². The Balaban J connectivity index is 1.66. The first kappa shape index (κ1) is 15.7. The van der Waals surface area contributed by atoms with Gasteiger partial charge in [0.15, 0.2) is 0 Å². The van der Waals surface area contributed by atoms with E-state index in [0.717, 1.165) is 36.4 Å². The molecular weight excluding hydrogens is 345 g/mol. The van der Waals surface area contributed by atoms with Gasteiger partial charge in [-0.1, -0.05) is 36.5 Å². The van der Waals surface area contributed by atoms with Crippen LogP contribution in [0.4, 0.5) is 10.1 Å². The lowest BCUT2D eigenvalue weighted by atomic mass is 9.91. The molecule has 130 valence electrons. The lowest BCUT2D eigenvalue weighted by Crippen LogP contribution is -2.31. The number of nitrogens with zero attached hydrogens (tertiary/aromatic N) is 3. The van der Waals surface area contributed by atoms with Crippen LogP contribution in [0.1, 0.15) is 34.7 Å². The van der Waals surface area contributed by atoms with Crippen LogP contribution >= 0.6 is 12.2 Å². The smallest absolute Gasteiger partial charge is 0.123 e. The zero-order chi connectivity index (χ0) is 17.7. The highest BCUT2D eigenvalue weighted by Crippen LogP contribution is 2.40. The van der Waals surface area contributed by atoms with Crippen LogP contribution in [0.2, 0.25) is 0 Å². The van der Waals surface area contributed by atoms with E-state index in [9.17, 15) is 4.39 Å². The molecule has 0 radical (unpaired) electrons. The molecule has 26 heavy (non-hydrogen) atoms. The van der Waals surface area contributed by atoms with Crippen LogP contribution in [-0.4, -0.2) is 21.1 Å². The van der Waals surface area contributed by atoms with Crippen LogP contribution in [0.15, 0.2) is 55.1 Å². The molecule has 2 aromatic carbocycles. The van der Waals surface area contributed by atoms with Crippen LogP contribution in [-0.2, 0) is 12.8 Å². The van der Waals surface area contributed by atoms with E-state index < -0.39 is 0 Å². The average molecular weight is 363 g/mol. The molecule has 0 N–H and O–H groups in total. The van der Waals surface area contributed by atoms with Crippen LogP contribution in [0.5, 0.6) is 0 Å². The van der Waals surface area contributed by atoms with Gasteiger partial charge in [0.1, 0.15) is 5.82 Å². The highest BCUT2D eigenvalue weighted by molar-refractivity contribution is 7.80. The summed E-state index contributed by atoms with van der Waals surface area (Å²) in [5.41, 5.74) is 6.34. The first-order valence-electron chi connectivity index (χ1n) is 8.89. The molecule has 1 unspecified atom stereocenters. The Kier molecular flexibility index (Phi) is 3.64. The molecular formula is C21H18FN3S. The minimum atomic E-state index is -0.216. The Hall–Kier alpha value is -2.53. The van der Waals surface area contributed by atoms with Gasteiger partial charge in [0, 0.05) is 31.0 Å². The maximum absolute atomic E-state index is 13.4. The first-order chi connectivity index (χ1) is 12.7. The summed E-state index contributed by atoms with van der Waals surface area (Å²) in [6.45, 7) is 0.983. The summed E-state index contributed by atoms with van der Waals surface area (Å²) < 4.78 is 15.5. The molecule has 0 fully saturated rings. The fraction of sp³-hybridized carbons (Fsp3) is 0.238. The number of anilines is 1. The number of hydrogen-bond donors (Lipinski definition) is 0. The van der Waals surface area contributed by atoms with Crippen molar-refractivity contribution in [2.24, 2.45) is 0 Å². The average Bonchev–Trinajstić information content (AvgIpc) is 3.31. The maximum Gasteiger partial charge on any atom is 0.123 e. The van der Waals surface area contributed by atoms with Gasteiger partial charge in [-0.15, -0.1) is 0 Å². The molecule has 3 aromatic rings. The molecule has 2 aliphatic rings. The summed E-state index contributed by atoms with van der Waals surface area (Å²) in [6.07, 6.45) is 8.54. The van der Waals surface area contributed by atoms with Crippen molar-refractivity contribution >= 4 is 22.9 Å². The molecule has 0 saturated heterocycles. The molecule has 5 heteroatoms. The first-order valence-corrected chi connectivity index (χ1v) is 9.30. The Bertz CT molecular complexity index is 979. The zero-order valence-corrected chi connectivity index (χ0v) is 15.0. The van der Waals surface area contributed by atoms with Gasteiger partial charge in [-0.05, 0) is 47.2 Å². The SMILES string of the molecule is Fc1ccc(C(c2cc3c4c(c2)CCN4C(=S)CC3)n2ccnc2)cc1. The molecule has 1 atom stereocenters. The van der Waals surface area contributed by atoms with Crippen molar-refractivity contribution in [3.05, 3.63) is 83.2 Å². The number of aryl methyl sites for hydroxylation is 1. The predicted molar refractivity (Wildman–Crippen MR) is 104 cm³/mol. The van der Waals surface area contributed by atoms with Crippen LogP contribution in [0.3, 0.4) is 0 Å². The Morgan fingerprint density at radius 1 is 1.00 bits per heavy atom. The number of aromatic nitrogens is 2. The molecule has 0 aliphatic carbocycles. The van der Waals surface area contributed by atoms with Gasteiger partial charge in [0.25, 0.3) is 0 Å². The summed E-state index contributed by atoms with van der Waals surface area (Å²) in [5.74, 6) is -0.216. The summed E-state index contributed by atoms with van der Waals surface area (Å²) in [7, 11) is 0. The number of hydrogen-bond acceptors (Lipinski definition) is 2. The fourth-order valence-electron chi connectivity index (χ4n) is 4.25. The second-order valence-corrected chi connectivity index (χ2v) is 7.42. The van der Waals surface area contributed by atoms with Gasteiger partial charge < -0.3 is 9.47 Å². The van der Waals surface area contributed by atoms with Crippen LogP contribution < -0.4 is 4.90 Å². The van der Waals surface area contributed by atoms with Crippen molar-refractivity contribution in [3.63, 3.8) is 0 Å². The van der Waals surface area contributed by atoms with Crippen molar-refractivity contribution in [1.29, 1.82) is 0 Å².